The number of hydrogen-bond donors (Lipinski definition) is 0. The molecule has 2 spiro atoms. The molecule has 4 aliphatic rings. The molecule has 0 amide bonds. The molecule has 0 N–H and O–H groups in total. The van der Waals surface area contributed by atoms with Crippen LogP contribution in [0.15, 0.2) is 158 Å². The largest absolute Gasteiger partial charge is 0.0728 e. The molecule has 0 fully saturated rings. The third kappa shape index (κ3) is 2.30. The average Bonchev–Trinajstić information content (AvgIpc) is 3.77. The fourth-order valence-corrected chi connectivity index (χ4v) is 9.78. The van der Waals surface area contributed by atoms with Crippen molar-refractivity contribution in [3.05, 3.63) is 202 Å². The Hall–Kier alpha value is -5.46. The van der Waals surface area contributed by atoms with Gasteiger partial charge >= 0.3 is 0 Å². The van der Waals surface area contributed by atoms with E-state index in [-0.39, 0.29) is 0 Å². The third-order valence-corrected chi connectivity index (χ3v) is 11.1. The molecular weight excluding hydrogens is 528 g/mol. The fraction of sp³-hybridized carbons (Fsp3) is 0.0455. The monoisotopic (exact) mass is 554 g/mol. The van der Waals surface area contributed by atoms with E-state index in [4.69, 9.17) is 0 Å². The van der Waals surface area contributed by atoms with Crippen LogP contribution in [0.25, 0.3) is 44.5 Å². The maximum Gasteiger partial charge on any atom is 0.0728 e. The van der Waals surface area contributed by atoms with Gasteiger partial charge in [-0.25, -0.2) is 0 Å². The summed E-state index contributed by atoms with van der Waals surface area (Å²) in [7, 11) is 0. The van der Waals surface area contributed by atoms with Crippen molar-refractivity contribution in [1.82, 2.24) is 0 Å². The van der Waals surface area contributed by atoms with Crippen molar-refractivity contribution in [2.45, 2.75) is 10.8 Å². The lowest BCUT2D eigenvalue weighted by molar-refractivity contribution is 0.727. The lowest BCUT2D eigenvalue weighted by Crippen LogP contribution is -2.33. The van der Waals surface area contributed by atoms with Gasteiger partial charge < -0.3 is 0 Å². The van der Waals surface area contributed by atoms with Crippen LogP contribution in [-0.2, 0) is 10.8 Å². The summed E-state index contributed by atoms with van der Waals surface area (Å²) in [5.74, 6) is 0. The standard InChI is InChI=1S/C44H26/c1-7-19-35-27(13-1)28-14-2-8-20-36(28)43(35)39-23-11-5-17-31(39)33-25-26-34-32-18-6-12-24-40(32)44(42(34)41(33)43)37-21-9-3-15-29(37)30-16-4-10-22-38(30)44/h1-26H. The van der Waals surface area contributed by atoms with Crippen LogP contribution in [0.2, 0.25) is 0 Å². The Balaban J connectivity index is 1.41. The molecule has 0 aliphatic heterocycles. The summed E-state index contributed by atoms with van der Waals surface area (Å²) in [6, 6.07) is 59.9. The van der Waals surface area contributed by atoms with Gasteiger partial charge in [0.1, 0.15) is 0 Å². The summed E-state index contributed by atoms with van der Waals surface area (Å²) < 4.78 is 0. The minimum atomic E-state index is -0.411. The lowest BCUT2D eigenvalue weighted by atomic mass is 9.62. The number of rotatable bonds is 0. The molecule has 0 atom stereocenters. The Morgan fingerprint density at radius 1 is 0.205 bits per heavy atom. The van der Waals surface area contributed by atoms with Crippen LogP contribution in [0.5, 0.6) is 0 Å². The van der Waals surface area contributed by atoms with Crippen molar-refractivity contribution < 1.29 is 0 Å². The molecule has 0 saturated heterocycles. The van der Waals surface area contributed by atoms with Gasteiger partial charge in [-0.3, -0.25) is 0 Å². The molecule has 11 rings (SSSR count). The summed E-state index contributed by atoms with van der Waals surface area (Å²) in [5.41, 5.74) is 21.3. The quantitative estimate of drug-likeness (QED) is 0.175. The van der Waals surface area contributed by atoms with E-state index in [0.717, 1.165) is 0 Å². The van der Waals surface area contributed by atoms with Crippen molar-refractivity contribution >= 4 is 0 Å². The molecule has 4 aliphatic carbocycles. The van der Waals surface area contributed by atoms with Gasteiger partial charge in [0.25, 0.3) is 0 Å². The first-order valence-electron chi connectivity index (χ1n) is 15.6. The molecular formula is C44H26. The second kappa shape index (κ2) is 7.73. The summed E-state index contributed by atoms with van der Waals surface area (Å²) in [6.45, 7) is 0. The van der Waals surface area contributed by atoms with Crippen LogP contribution in [0.1, 0.15) is 44.5 Å². The highest BCUT2D eigenvalue weighted by Gasteiger charge is 2.59. The van der Waals surface area contributed by atoms with Crippen LogP contribution in [0, 0.1) is 0 Å². The van der Waals surface area contributed by atoms with E-state index < -0.39 is 10.8 Å². The maximum absolute atomic E-state index is 2.42. The zero-order valence-corrected chi connectivity index (χ0v) is 24.0. The van der Waals surface area contributed by atoms with Crippen molar-refractivity contribution in [2.24, 2.45) is 0 Å². The van der Waals surface area contributed by atoms with E-state index in [9.17, 15) is 0 Å². The van der Waals surface area contributed by atoms with E-state index in [1.54, 1.807) is 0 Å². The fourth-order valence-electron chi connectivity index (χ4n) is 9.78. The molecule has 0 heteroatoms. The molecule has 44 heavy (non-hydrogen) atoms. The first-order chi connectivity index (χ1) is 21.9. The Morgan fingerprint density at radius 3 is 0.659 bits per heavy atom. The second-order valence-electron chi connectivity index (χ2n) is 12.7. The van der Waals surface area contributed by atoms with Crippen molar-refractivity contribution in [1.29, 1.82) is 0 Å². The third-order valence-electron chi connectivity index (χ3n) is 11.1. The first-order valence-corrected chi connectivity index (χ1v) is 15.6. The second-order valence-corrected chi connectivity index (χ2v) is 12.7. The Labute approximate surface area is 256 Å². The highest BCUT2D eigenvalue weighted by Crippen LogP contribution is 2.70. The van der Waals surface area contributed by atoms with E-state index in [1.165, 1.54) is 89.0 Å². The van der Waals surface area contributed by atoms with Gasteiger partial charge in [0.15, 0.2) is 0 Å². The number of benzene rings is 7. The predicted octanol–water partition coefficient (Wildman–Crippen LogP) is 10.4. The van der Waals surface area contributed by atoms with Crippen LogP contribution >= 0.6 is 0 Å². The molecule has 0 heterocycles. The van der Waals surface area contributed by atoms with Gasteiger partial charge in [0.2, 0.25) is 0 Å². The molecule has 202 valence electrons. The van der Waals surface area contributed by atoms with Crippen LogP contribution in [-0.4, -0.2) is 0 Å². The van der Waals surface area contributed by atoms with Crippen LogP contribution < -0.4 is 0 Å². The van der Waals surface area contributed by atoms with Gasteiger partial charge in [-0.05, 0) is 89.0 Å². The average molecular weight is 555 g/mol. The summed E-state index contributed by atoms with van der Waals surface area (Å²) in [4.78, 5) is 0. The maximum atomic E-state index is 2.42. The van der Waals surface area contributed by atoms with Gasteiger partial charge in [0, 0.05) is 0 Å². The van der Waals surface area contributed by atoms with Crippen molar-refractivity contribution in [3.63, 3.8) is 0 Å². The molecule has 0 radical (unpaired) electrons. The van der Waals surface area contributed by atoms with E-state index in [2.05, 4.69) is 158 Å². The van der Waals surface area contributed by atoms with Crippen molar-refractivity contribution in [2.75, 3.05) is 0 Å². The Morgan fingerprint density at radius 2 is 0.409 bits per heavy atom. The predicted molar refractivity (Wildman–Crippen MR) is 179 cm³/mol. The van der Waals surface area contributed by atoms with Gasteiger partial charge in [-0.15, -0.1) is 0 Å². The minimum Gasteiger partial charge on any atom is -0.0619 e. The zero-order chi connectivity index (χ0) is 28.6. The van der Waals surface area contributed by atoms with Gasteiger partial charge in [0.05, 0.1) is 10.8 Å². The van der Waals surface area contributed by atoms with E-state index in [0.29, 0.717) is 0 Å². The van der Waals surface area contributed by atoms with Crippen LogP contribution in [0.4, 0.5) is 0 Å². The molecule has 0 bridgehead atoms. The summed E-state index contributed by atoms with van der Waals surface area (Å²) >= 11 is 0. The molecule has 7 aromatic carbocycles. The highest BCUT2D eigenvalue weighted by molar-refractivity contribution is 6.02. The number of fused-ring (bicyclic) bond motifs is 21. The van der Waals surface area contributed by atoms with Gasteiger partial charge in [-0.2, -0.15) is 0 Å². The van der Waals surface area contributed by atoms with Gasteiger partial charge in [-0.1, -0.05) is 158 Å². The van der Waals surface area contributed by atoms with E-state index in [1.807, 2.05) is 0 Å². The Kier molecular flexibility index (Phi) is 4.05. The molecule has 0 nitrogen and oxygen atoms in total. The van der Waals surface area contributed by atoms with Crippen LogP contribution in [0.3, 0.4) is 0 Å². The van der Waals surface area contributed by atoms with E-state index >= 15 is 0 Å². The lowest BCUT2D eigenvalue weighted by Gasteiger charge is -2.38. The highest BCUT2D eigenvalue weighted by atomic mass is 14.6. The smallest absolute Gasteiger partial charge is 0.0619 e. The van der Waals surface area contributed by atoms with Crippen molar-refractivity contribution in [3.8, 4) is 44.5 Å². The SMILES string of the molecule is c1ccc2c(c1)-c1ccccc1C21c2ccccc2-c2ccc3c(c21)C1(c2ccccc2-c2ccccc21)c1ccccc1-3. The topological polar surface area (TPSA) is 0 Å². The summed E-state index contributed by atoms with van der Waals surface area (Å²) in [5, 5.41) is 0. The Bertz CT molecular complexity index is 2110. The molecule has 7 aromatic rings. The first kappa shape index (κ1) is 23.1. The zero-order valence-electron chi connectivity index (χ0n) is 24.0. The normalized spacial score (nSPS) is 15.6. The molecule has 0 aromatic heterocycles. The number of hydrogen-bond acceptors (Lipinski definition) is 0. The summed E-state index contributed by atoms with van der Waals surface area (Å²) in [6.07, 6.45) is 0. The minimum absolute atomic E-state index is 0.411. The molecule has 0 unspecified atom stereocenters. The molecule has 0 saturated carbocycles.